The van der Waals surface area contributed by atoms with Gasteiger partial charge in [-0.3, -0.25) is 0 Å². The van der Waals surface area contributed by atoms with Gasteiger partial charge in [-0.25, -0.2) is 0 Å². The Morgan fingerprint density at radius 1 is 0.950 bits per heavy atom. The van der Waals surface area contributed by atoms with Crippen molar-refractivity contribution < 1.29 is 0 Å². The number of hydrogen-bond donors (Lipinski definition) is 1. The predicted octanol–water partition coefficient (Wildman–Crippen LogP) is 4.85. The summed E-state index contributed by atoms with van der Waals surface area (Å²) in [6.07, 6.45) is 11.8. The molecule has 2 rings (SSSR count). The molecule has 2 nitrogen and oxygen atoms in total. The number of aromatic nitrogens is 1. The minimum absolute atomic E-state index is 0.624. The van der Waals surface area contributed by atoms with Crippen LogP contribution in [0.3, 0.4) is 0 Å². The standard InChI is InChI=1S/C18H28N2/c1-2-3-4-5-6-7-8-13-20-14-12-17-16(15-19)10-9-11-18(17)20/h9-12,14H,2-8,13,15,19H2,1H3. The second kappa shape index (κ2) is 8.11. The fourth-order valence-electron chi connectivity index (χ4n) is 2.90. The lowest BCUT2D eigenvalue weighted by molar-refractivity contribution is 0.556. The van der Waals surface area contributed by atoms with E-state index in [2.05, 4.69) is 42.0 Å². The molecule has 0 unspecified atom stereocenters. The Kier molecular flexibility index (Phi) is 6.13. The van der Waals surface area contributed by atoms with Crippen molar-refractivity contribution in [2.45, 2.75) is 65.0 Å². The van der Waals surface area contributed by atoms with Crippen LogP contribution in [0.5, 0.6) is 0 Å². The largest absolute Gasteiger partial charge is 0.347 e. The Labute approximate surface area is 123 Å². The molecule has 0 spiro atoms. The summed E-state index contributed by atoms with van der Waals surface area (Å²) in [4.78, 5) is 0. The average molecular weight is 272 g/mol. The van der Waals surface area contributed by atoms with E-state index in [0.717, 1.165) is 6.54 Å². The second-order valence-corrected chi connectivity index (χ2v) is 5.68. The van der Waals surface area contributed by atoms with Crippen molar-refractivity contribution >= 4 is 10.9 Å². The van der Waals surface area contributed by atoms with Crippen molar-refractivity contribution in [3.05, 3.63) is 36.0 Å². The summed E-state index contributed by atoms with van der Waals surface area (Å²) in [5.74, 6) is 0. The number of aryl methyl sites for hydroxylation is 1. The topological polar surface area (TPSA) is 30.9 Å². The lowest BCUT2D eigenvalue weighted by atomic mass is 10.1. The van der Waals surface area contributed by atoms with Gasteiger partial charge < -0.3 is 10.3 Å². The third kappa shape index (κ3) is 3.86. The number of benzene rings is 1. The molecule has 0 atom stereocenters. The molecule has 1 aromatic carbocycles. The number of fused-ring (bicyclic) bond motifs is 1. The van der Waals surface area contributed by atoms with Crippen LogP contribution >= 0.6 is 0 Å². The van der Waals surface area contributed by atoms with Gasteiger partial charge in [0, 0.05) is 30.2 Å². The number of hydrogen-bond acceptors (Lipinski definition) is 1. The summed E-state index contributed by atoms with van der Waals surface area (Å²) in [6, 6.07) is 8.65. The SMILES string of the molecule is CCCCCCCCCn1ccc2c(CN)cccc21. The minimum atomic E-state index is 0.624. The summed E-state index contributed by atoms with van der Waals surface area (Å²) in [5.41, 5.74) is 8.38. The van der Waals surface area contributed by atoms with E-state index < -0.39 is 0 Å². The fourth-order valence-corrected chi connectivity index (χ4v) is 2.90. The number of nitrogens with zero attached hydrogens (tertiary/aromatic N) is 1. The van der Waals surface area contributed by atoms with Crippen LogP contribution in [0.15, 0.2) is 30.5 Å². The van der Waals surface area contributed by atoms with Crippen LogP contribution in [0.4, 0.5) is 0 Å². The summed E-state index contributed by atoms with van der Waals surface area (Å²) in [6.45, 7) is 4.02. The first-order valence-electron chi connectivity index (χ1n) is 8.13. The van der Waals surface area contributed by atoms with Crippen LogP contribution in [0.25, 0.3) is 10.9 Å². The van der Waals surface area contributed by atoms with Crippen LogP contribution in [-0.4, -0.2) is 4.57 Å². The molecule has 2 N–H and O–H groups in total. The average Bonchev–Trinajstić information content (AvgIpc) is 2.89. The maximum absolute atomic E-state index is 5.80. The zero-order valence-corrected chi connectivity index (χ0v) is 12.8. The second-order valence-electron chi connectivity index (χ2n) is 5.68. The first-order chi connectivity index (χ1) is 9.86. The van der Waals surface area contributed by atoms with Gasteiger partial charge in [-0.15, -0.1) is 0 Å². The first kappa shape index (κ1) is 15.1. The molecule has 0 saturated carbocycles. The molecule has 0 aliphatic heterocycles. The van der Waals surface area contributed by atoms with E-state index in [1.165, 1.54) is 61.4 Å². The molecule has 20 heavy (non-hydrogen) atoms. The lowest BCUT2D eigenvalue weighted by Gasteiger charge is -2.06. The highest BCUT2D eigenvalue weighted by atomic mass is 14.9. The number of unbranched alkanes of at least 4 members (excludes halogenated alkanes) is 6. The molecule has 1 aromatic heterocycles. The molecular weight excluding hydrogens is 244 g/mol. The molecule has 0 aliphatic rings. The van der Waals surface area contributed by atoms with E-state index in [1.54, 1.807) is 0 Å². The molecule has 2 heteroatoms. The quantitative estimate of drug-likeness (QED) is 0.650. The summed E-state index contributed by atoms with van der Waals surface area (Å²) in [7, 11) is 0. The lowest BCUT2D eigenvalue weighted by Crippen LogP contribution is -1.98. The van der Waals surface area contributed by atoms with Crippen LogP contribution < -0.4 is 5.73 Å². The van der Waals surface area contributed by atoms with E-state index in [0.29, 0.717) is 6.54 Å². The molecule has 0 bridgehead atoms. The highest BCUT2D eigenvalue weighted by Gasteiger charge is 2.04. The van der Waals surface area contributed by atoms with Crippen LogP contribution in [0, 0.1) is 0 Å². The van der Waals surface area contributed by atoms with E-state index in [-0.39, 0.29) is 0 Å². The molecule has 0 radical (unpaired) electrons. The Hall–Kier alpha value is -1.28. The zero-order chi connectivity index (χ0) is 14.2. The van der Waals surface area contributed by atoms with Crippen molar-refractivity contribution in [3.63, 3.8) is 0 Å². The van der Waals surface area contributed by atoms with Gasteiger partial charge in [0.1, 0.15) is 0 Å². The number of nitrogens with two attached hydrogens (primary N) is 1. The van der Waals surface area contributed by atoms with Crippen molar-refractivity contribution in [3.8, 4) is 0 Å². The predicted molar refractivity (Wildman–Crippen MR) is 87.8 cm³/mol. The monoisotopic (exact) mass is 272 g/mol. The van der Waals surface area contributed by atoms with Gasteiger partial charge in [-0.2, -0.15) is 0 Å². The van der Waals surface area contributed by atoms with Crippen LogP contribution in [-0.2, 0) is 13.1 Å². The Morgan fingerprint density at radius 3 is 2.45 bits per heavy atom. The molecule has 0 fully saturated rings. The van der Waals surface area contributed by atoms with Gasteiger partial charge in [0.25, 0.3) is 0 Å². The summed E-state index contributed by atoms with van der Waals surface area (Å²) < 4.78 is 2.38. The highest BCUT2D eigenvalue weighted by Crippen LogP contribution is 2.20. The van der Waals surface area contributed by atoms with Crippen LogP contribution in [0.1, 0.15) is 57.4 Å². The minimum Gasteiger partial charge on any atom is -0.347 e. The molecular formula is C18H28N2. The van der Waals surface area contributed by atoms with Crippen molar-refractivity contribution in [1.29, 1.82) is 0 Å². The third-order valence-corrected chi connectivity index (χ3v) is 4.13. The normalized spacial score (nSPS) is 11.3. The smallest absolute Gasteiger partial charge is 0.0483 e. The van der Waals surface area contributed by atoms with E-state index in [4.69, 9.17) is 5.73 Å². The highest BCUT2D eigenvalue weighted by molar-refractivity contribution is 5.83. The molecule has 0 aliphatic carbocycles. The summed E-state index contributed by atoms with van der Waals surface area (Å²) >= 11 is 0. The molecule has 1 heterocycles. The van der Waals surface area contributed by atoms with Gasteiger partial charge in [0.05, 0.1) is 0 Å². The van der Waals surface area contributed by atoms with Crippen molar-refractivity contribution in [2.24, 2.45) is 5.73 Å². The molecule has 110 valence electrons. The Morgan fingerprint density at radius 2 is 1.70 bits per heavy atom. The Bertz CT molecular complexity index is 513. The zero-order valence-electron chi connectivity index (χ0n) is 12.8. The van der Waals surface area contributed by atoms with E-state index >= 15 is 0 Å². The third-order valence-electron chi connectivity index (χ3n) is 4.13. The van der Waals surface area contributed by atoms with E-state index in [9.17, 15) is 0 Å². The van der Waals surface area contributed by atoms with Gasteiger partial charge in [0.15, 0.2) is 0 Å². The first-order valence-corrected chi connectivity index (χ1v) is 8.13. The van der Waals surface area contributed by atoms with Gasteiger partial charge in [-0.05, 0) is 24.1 Å². The van der Waals surface area contributed by atoms with Crippen molar-refractivity contribution in [2.75, 3.05) is 0 Å². The van der Waals surface area contributed by atoms with Gasteiger partial charge in [0.2, 0.25) is 0 Å². The van der Waals surface area contributed by atoms with Crippen molar-refractivity contribution in [1.82, 2.24) is 4.57 Å². The van der Waals surface area contributed by atoms with Gasteiger partial charge >= 0.3 is 0 Å². The van der Waals surface area contributed by atoms with Gasteiger partial charge in [-0.1, -0.05) is 57.6 Å². The van der Waals surface area contributed by atoms with E-state index in [1.807, 2.05) is 0 Å². The Balaban J connectivity index is 1.82. The molecule has 0 amide bonds. The molecule has 0 saturated heterocycles. The maximum atomic E-state index is 5.80. The summed E-state index contributed by atoms with van der Waals surface area (Å²) in [5, 5.41) is 1.32. The fraction of sp³-hybridized carbons (Fsp3) is 0.556. The number of rotatable bonds is 9. The molecule has 2 aromatic rings. The maximum Gasteiger partial charge on any atom is 0.0483 e. The van der Waals surface area contributed by atoms with Crippen LogP contribution in [0.2, 0.25) is 0 Å².